The van der Waals surface area contributed by atoms with Gasteiger partial charge >= 0.3 is 6.03 Å². The van der Waals surface area contributed by atoms with Gasteiger partial charge < -0.3 is 15.0 Å². The third-order valence-corrected chi connectivity index (χ3v) is 3.89. The van der Waals surface area contributed by atoms with E-state index in [1.807, 2.05) is 36.1 Å². The van der Waals surface area contributed by atoms with E-state index in [1.54, 1.807) is 0 Å². The third kappa shape index (κ3) is 4.96. The minimum Gasteiger partial charge on any atom is -0.491 e. The van der Waals surface area contributed by atoms with Crippen LogP contribution in [0, 0.1) is 0 Å². The summed E-state index contributed by atoms with van der Waals surface area (Å²) < 4.78 is 5.79. The summed E-state index contributed by atoms with van der Waals surface area (Å²) >= 11 is 0. The fourth-order valence-corrected chi connectivity index (χ4v) is 2.44. The number of anilines is 1. The largest absolute Gasteiger partial charge is 0.491 e. The van der Waals surface area contributed by atoms with E-state index >= 15 is 0 Å². The first kappa shape index (κ1) is 15.7. The van der Waals surface area contributed by atoms with Crippen molar-refractivity contribution >= 4 is 11.7 Å². The number of nitrogens with one attached hydrogen (secondary N) is 1. The number of carbonyl (C=O) groups excluding carboxylic acids is 1. The van der Waals surface area contributed by atoms with Crippen molar-refractivity contribution in [3.8, 4) is 5.75 Å². The summed E-state index contributed by atoms with van der Waals surface area (Å²) in [6.45, 7) is 5.85. The monoisotopic (exact) mass is 290 g/mol. The molecule has 0 spiro atoms. The predicted molar refractivity (Wildman–Crippen MR) is 85.9 cm³/mol. The van der Waals surface area contributed by atoms with Crippen LogP contribution in [-0.4, -0.2) is 30.1 Å². The highest BCUT2D eigenvalue weighted by Crippen LogP contribution is 2.20. The van der Waals surface area contributed by atoms with E-state index in [-0.39, 0.29) is 12.1 Å². The van der Waals surface area contributed by atoms with Crippen LogP contribution in [0.4, 0.5) is 10.5 Å². The molecular formula is C17H26N2O2. The van der Waals surface area contributed by atoms with Crippen LogP contribution in [0.2, 0.25) is 0 Å². The Morgan fingerprint density at radius 2 is 2.00 bits per heavy atom. The maximum Gasteiger partial charge on any atom is 0.321 e. The summed E-state index contributed by atoms with van der Waals surface area (Å²) in [4.78, 5) is 14.2. The van der Waals surface area contributed by atoms with E-state index in [9.17, 15) is 4.79 Å². The number of nitrogens with zero attached hydrogens (tertiary/aromatic N) is 1. The standard InChI is InChI=1S/C17H26N2O2/c1-3-14(2)21-16-10-8-9-15(13-16)18-17(20)19-11-6-4-5-7-12-19/h8-10,13-14H,3-7,11-12H2,1-2H3,(H,18,20). The molecular weight excluding hydrogens is 264 g/mol. The summed E-state index contributed by atoms with van der Waals surface area (Å²) in [6, 6.07) is 7.63. The van der Waals surface area contributed by atoms with Gasteiger partial charge in [0.1, 0.15) is 5.75 Å². The summed E-state index contributed by atoms with van der Waals surface area (Å²) in [7, 11) is 0. The number of rotatable bonds is 4. The van der Waals surface area contributed by atoms with E-state index in [0.29, 0.717) is 0 Å². The summed E-state index contributed by atoms with van der Waals surface area (Å²) in [6.07, 6.45) is 5.80. The molecule has 21 heavy (non-hydrogen) atoms. The Kier molecular flexibility index (Phi) is 5.90. The first-order valence-corrected chi connectivity index (χ1v) is 8.01. The second-order valence-electron chi connectivity index (χ2n) is 5.70. The number of benzene rings is 1. The van der Waals surface area contributed by atoms with Gasteiger partial charge in [-0.1, -0.05) is 25.8 Å². The molecule has 1 unspecified atom stereocenters. The summed E-state index contributed by atoms with van der Waals surface area (Å²) in [5, 5.41) is 2.98. The molecule has 0 radical (unpaired) electrons. The second-order valence-corrected chi connectivity index (χ2v) is 5.70. The Morgan fingerprint density at radius 3 is 2.67 bits per heavy atom. The average Bonchev–Trinajstić information content (AvgIpc) is 2.76. The van der Waals surface area contributed by atoms with Crippen LogP contribution >= 0.6 is 0 Å². The van der Waals surface area contributed by atoms with Gasteiger partial charge in [0.05, 0.1) is 6.10 Å². The zero-order valence-corrected chi connectivity index (χ0v) is 13.1. The van der Waals surface area contributed by atoms with Gasteiger partial charge in [-0.2, -0.15) is 0 Å². The molecule has 1 aromatic carbocycles. The normalized spacial score (nSPS) is 17.0. The number of amides is 2. The SMILES string of the molecule is CCC(C)Oc1cccc(NC(=O)N2CCCCCC2)c1. The molecule has 1 saturated heterocycles. The molecule has 4 heteroatoms. The lowest BCUT2D eigenvalue weighted by Gasteiger charge is -2.21. The topological polar surface area (TPSA) is 41.6 Å². The smallest absolute Gasteiger partial charge is 0.321 e. The average molecular weight is 290 g/mol. The predicted octanol–water partition coefficient (Wildman–Crippen LogP) is 4.27. The van der Waals surface area contributed by atoms with Gasteiger partial charge in [0, 0.05) is 24.8 Å². The van der Waals surface area contributed by atoms with Crippen LogP contribution in [0.1, 0.15) is 46.0 Å². The van der Waals surface area contributed by atoms with Gasteiger partial charge in [-0.05, 0) is 38.3 Å². The minimum absolute atomic E-state index is 0.00223. The Bertz CT molecular complexity index is 454. The van der Waals surface area contributed by atoms with Crippen molar-refractivity contribution in [2.24, 2.45) is 0 Å². The molecule has 116 valence electrons. The van der Waals surface area contributed by atoms with Gasteiger partial charge in [-0.25, -0.2) is 4.79 Å². The van der Waals surface area contributed by atoms with Gasteiger partial charge in [0.25, 0.3) is 0 Å². The van der Waals surface area contributed by atoms with E-state index in [2.05, 4.69) is 12.2 Å². The zero-order chi connectivity index (χ0) is 15.1. The third-order valence-electron chi connectivity index (χ3n) is 3.89. The Balaban J connectivity index is 1.95. The zero-order valence-electron chi connectivity index (χ0n) is 13.1. The van der Waals surface area contributed by atoms with Crippen LogP contribution in [0.15, 0.2) is 24.3 Å². The van der Waals surface area contributed by atoms with Crippen LogP contribution in [-0.2, 0) is 0 Å². The Hall–Kier alpha value is -1.71. The highest BCUT2D eigenvalue weighted by molar-refractivity contribution is 5.89. The molecule has 0 bridgehead atoms. The second kappa shape index (κ2) is 7.91. The van der Waals surface area contributed by atoms with Crippen LogP contribution in [0.5, 0.6) is 5.75 Å². The van der Waals surface area contributed by atoms with Crippen LogP contribution in [0.25, 0.3) is 0 Å². The fourth-order valence-electron chi connectivity index (χ4n) is 2.44. The molecule has 4 nitrogen and oxygen atoms in total. The molecule has 1 N–H and O–H groups in total. The highest BCUT2D eigenvalue weighted by atomic mass is 16.5. The van der Waals surface area contributed by atoms with Gasteiger partial charge in [0.15, 0.2) is 0 Å². The van der Waals surface area contributed by atoms with Crippen molar-refractivity contribution in [2.45, 2.75) is 52.1 Å². The molecule has 1 aliphatic rings. The first-order valence-electron chi connectivity index (χ1n) is 8.01. The van der Waals surface area contributed by atoms with Crippen molar-refractivity contribution in [2.75, 3.05) is 18.4 Å². The molecule has 1 fully saturated rings. The lowest BCUT2D eigenvalue weighted by atomic mass is 10.2. The highest BCUT2D eigenvalue weighted by Gasteiger charge is 2.15. The molecule has 1 atom stereocenters. The maximum atomic E-state index is 12.3. The number of urea groups is 1. The van der Waals surface area contributed by atoms with Crippen LogP contribution in [0.3, 0.4) is 0 Å². The van der Waals surface area contributed by atoms with Crippen molar-refractivity contribution in [1.82, 2.24) is 4.90 Å². The van der Waals surface area contributed by atoms with Crippen molar-refractivity contribution in [3.63, 3.8) is 0 Å². The van der Waals surface area contributed by atoms with Gasteiger partial charge in [0.2, 0.25) is 0 Å². The molecule has 1 aliphatic heterocycles. The lowest BCUT2D eigenvalue weighted by molar-refractivity contribution is 0.213. The maximum absolute atomic E-state index is 12.3. The Morgan fingerprint density at radius 1 is 1.29 bits per heavy atom. The van der Waals surface area contributed by atoms with Gasteiger partial charge in [-0.15, -0.1) is 0 Å². The van der Waals surface area contributed by atoms with Crippen LogP contribution < -0.4 is 10.1 Å². The number of ether oxygens (including phenoxy) is 1. The quantitative estimate of drug-likeness (QED) is 0.899. The number of likely N-dealkylation sites (tertiary alicyclic amines) is 1. The fraction of sp³-hybridized carbons (Fsp3) is 0.588. The molecule has 2 rings (SSSR count). The lowest BCUT2D eigenvalue weighted by Crippen LogP contribution is -2.35. The first-order chi connectivity index (χ1) is 10.2. The summed E-state index contributed by atoms with van der Waals surface area (Å²) in [5.41, 5.74) is 0.796. The van der Waals surface area contributed by atoms with E-state index in [1.165, 1.54) is 12.8 Å². The molecule has 2 amide bonds. The van der Waals surface area contributed by atoms with E-state index in [0.717, 1.165) is 43.8 Å². The molecule has 0 aromatic heterocycles. The molecule has 1 aromatic rings. The molecule has 0 saturated carbocycles. The van der Waals surface area contributed by atoms with Crippen molar-refractivity contribution in [1.29, 1.82) is 0 Å². The number of carbonyl (C=O) groups is 1. The van der Waals surface area contributed by atoms with E-state index in [4.69, 9.17) is 4.74 Å². The summed E-state index contributed by atoms with van der Waals surface area (Å²) in [5.74, 6) is 0.804. The Labute approximate surface area is 127 Å². The minimum atomic E-state index is -0.00223. The number of hydrogen-bond donors (Lipinski definition) is 1. The molecule has 1 heterocycles. The molecule has 0 aliphatic carbocycles. The van der Waals surface area contributed by atoms with Crippen molar-refractivity contribution < 1.29 is 9.53 Å². The van der Waals surface area contributed by atoms with Gasteiger partial charge in [-0.3, -0.25) is 0 Å². The van der Waals surface area contributed by atoms with Crippen molar-refractivity contribution in [3.05, 3.63) is 24.3 Å². The number of hydrogen-bond acceptors (Lipinski definition) is 2. The van der Waals surface area contributed by atoms with E-state index < -0.39 is 0 Å².